The van der Waals surface area contributed by atoms with E-state index in [2.05, 4.69) is 80.5 Å². The molecule has 0 aliphatic rings. The van der Waals surface area contributed by atoms with Crippen molar-refractivity contribution in [1.82, 2.24) is 0 Å². The van der Waals surface area contributed by atoms with Crippen molar-refractivity contribution in [1.29, 1.82) is 0 Å². The monoisotopic (exact) mass is 478 g/mol. The maximum atomic E-state index is 10.7. The number of benzene rings is 3. The maximum absolute atomic E-state index is 10.7. The normalized spacial score (nSPS) is 11.9. The molecule has 0 aliphatic carbocycles. The summed E-state index contributed by atoms with van der Waals surface area (Å²) in [5, 5.41) is 35.6. The van der Waals surface area contributed by atoms with Crippen LogP contribution in [-0.2, 0) is 0 Å². The summed E-state index contributed by atoms with van der Waals surface area (Å²) in [6.07, 6.45) is 0. The number of phenolic OH excluding ortho intramolecular Hbond substituents is 3. The fourth-order valence-electron chi connectivity index (χ4n) is 4.59. The Morgan fingerprint density at radius 2 is 0.706 bits per heavy atom. The van der Waals surface area contributed by atoms with Gasteiger partial charge >= 0.3 is 0 Å². The fourth-order valence-corrected chi connectivity index (χ4v) is 7.43. The molecule has 0 fully saturated rings. The Kier molecular flexibility index (Phi) is 7.68. The number of hydrogen-bond donors (Lipinski definition) is 3. The second kappa shape index (κ2) is 10.0. The molecule has 0 aliphatic heterocycles. The SMILES string of the molecule is Cc1cc(O)c(C(C)C)cc1P(c1cc(C(C)C)c(O)cc1C)c1cc(C(C)C)c(O)cc1C. The first-order chi connectivity index (χ1) is 15.8. The van der Waals surface area contributed by atoms with E-state index in [1.807, 2.05) is 18.2 Å². The minimum absolute atomic E-state index is 0.190. The van der Waals surface area contributed by atoms with Crippen LogP contribution in [0.15, 0.2) is 36.4 Å². The van der Waals surface area contributed by atoms with Crippen LogP contribution in [0.4, 0.5) is 0 Å². The number of aromatic hydroxyl groups is 3. The van der Waals surface area contributed by atoms with Crippen LogP contribution in [0.1, 0.15) is 92.7 Å². The van der Waals surface area contributed by atoms with Crippen LogP contribution < -0.4 is 15.9 Å². The summed E-state index contributed by atoms with van der Waals surface area (Å²) in [7, 11) is -1.00. The first kappa shape index (κ1) is 26.1. The van der Waals surface area contributed by atoms with Crippen molar-refractivity contribution in [2.45, 2.75) is 80.1 Å². The Morgan fingerprint density at radius 1 is 0.471 bits per heavy atom. The third kappa shape index (κ3) is 4.96. The van der Waals surface area contributed by atoms with Crippen LogP contribution in [0.2, 0.25) is 0 Å². The Morgan fingerprint density at radius 3 is 0.912 bits per heavy atom. The summed E-state index contributed by atoms with van der Waals surface area (Å²) >= 11 is 0. The van der Waals surface area contributed by atoms with Gasteiger partial charge in [0.2, 0.25) is 0 Å². The van der Waals surface area contributed by atoms with Crippen LogP contribution in [0.5, 0.6) is 17.2 Å². The molecule has 0 heterocycles. The third-order valence-corrected chi connectivity index (χ3v) is 9.52. The highest BCUT2D eigenvalue weighted by atomic mass is 31.1. The molecule has 34 heavy (non-hydrogen) atoms. The summed E-state index contributed by atoms with van der Waals surface area (Å²) < 4.78 is 0. The lowest BCUT2D eigenvalue weighted by atomic mass is 10.0. The van der Waals surface area contributed by atoms with Gasteiger partial charge in [0.05, 0.1) is 0 Å². The second-order valence-electron chi connectivity index (χ2n) is 10.4. The van der Waals surface area contributed by atoms with Crippen molar-refractivity contribution in [2.24, 2.45) is 0 Å². The van der Waals surface area contributed by atoms with Crippen LogP contribution in [0.3, 0.4) is 0 Å². The Labute approximate surface area is 206 Å². The van der Waals surface area contributed by atoms with E-state index in [9.17, 15) is 15.3 Å². The molecule has 0 atom stereocenters. The minimum Gasteiger partial charge on any atom is -0.508 e. The van der Waals surface area contributed by atoms with E-state index in [1.165, 1.54) is 15.9 Å². The molecule has 3 rings (SSSR count). The molecule has 0 radical (unpaired) electrons. The summed E-state index contributed by atoms with van der Waals surface area (Å²) in [5.74, 6) is 1.58. The van der Waals surface area contributed by atoms with Crippen molar-refractivity contribution in [2.75, 3.05) is 0 Å². The second-order valence-corrected chi connectivity index (χ2v) is 12.5. The Balaban J connectivity index is 2.45. The Bertz CT molecular complexity index is 1060. The van der Waals surface area contributed by atoms with Gasteiger partial charge in [-0.1, -0.05) is 41.5 Å². The molecule has 0 aromatic heterocycles. The molecular weight excluding hydrogens is 439 g/mol. The molecule has 0 unspecified atom stereocenters. The van der Waals surface area contributed by atoms with E-state index >= 15 is 0 Å². The number of aryl methyl sites for hydroxylation is 3. The van der Waals surface area contributed by atoms with E-state index < -0.39 is 7.92 Å². The van der Waals surface area contributed by atoms with Crippen LogP contribution in [-0.4, -0.2) is 15.3 Å². The average molecular weight is 479 g/mol. The van der Waals surface area contributed by atoms with E-state index in [0.29, 0.717) is 17.2 Å². The molecule has 0 saturated heterocycles. The van der Waals surface area contributed by atoms with Crippen molar-refractivity contribution in [3.63, 3.8) is 0 Å². The summed E-state index contributed by atoms with van der Waals surface area (Å²) in [5.41, 5.74) is 5.96. The minimum atomic E-state index is -1.00. The molecule has 3 aromatic rings. The van der Waals surface area contributed by atoms with E-state index in [4.69, 9.17) is 0 Å². The smallest absolute Gasteiger partial charge is 0.119 e. The molecule has 0 saturated carbocycles. The van der Waals surface area contributed by atoms with Gasteiger partial charge in [0, 0.05) is 0 Å². The zero-order valence-electron chi connectivity index (χ0n) is 22.0. The van der Waals surface area contributed by atoms with Crippen molar-refractivity contribution in [3.8, 4) is 17.2 Å². The zero-order valence-corrected chi connectivity index (χ0v) is 22.9. The molecule has 3 nitrogen and oxygen atoms in total. The van der Waals surface area contributed by atoms with Gasteiger partial charge in [-0.25, -0.2) is 0 Å². The molecule has 3 aromatic carbocycles. The summed E-state index contributed by atoms with van der Waals surface area (Å²) in [4.78, 5) is 0. The largest absolute Gasteiger partial charge is 0.508 e. The number of rotatable bonds is 6. The zero-order chi connectivity index (χ0) is 25.5. The van der Waals surface area contributed by atoms with Crippen molar-refractivity contribution < 1.29 is 15.3 Å². The molecular formula is C30H39O3P. The predicted octanol–water partition coefficient (Wildman–Crippen LogP) is 6.86. The molecule has 0 amide bonds. The highest BCUT2D eigenvalue weighted by Gasteiger charge is 2.27. The summed E-state index contributed by atoms with van der Waals surface area (Å²) in [6, 6.07) is 12.2. The number of hydrogen-bond acceptors (Lipinski definition) is 3. The topological polar surface area (TPSA) is 60.7 Å². The van der Waals surface area contributed by atoms with Crippen LogP contribution >= 0.6 is 7.92 Å². The van der Waals surface area contributed by atoms with Crippen LogP contribution in [0.25, 0.3) is 0 Å². The highest BCUT2D eigenvalue weighted by molar-refractivity contribution is 7.80. The predicted molar refractivity (Wildman–Crippen MR) is 147 cm³/mol. The van der Waals surface area contributed by atoms with Gasteiger partial charge in [-0.15, -0.1) is 0 Å². The van der Waals surface area contributed by atoms with E-state index in [0.717, 1.165) is 33.4 Å². The maximum Gasteiger partial charge on any atom is 0.119 e. The lowest BCUT2D eigenvalue weighted by Crippen LogP contribution is -2.27. The lowest BCUT2D eigenvalue weighted by Gasteiger charge is -2.28. The number of phenols is 3. The fraction of sp³-hybridized carbons (Fsp3) is 0.400. The van der Waals surface area contributed by atoms with Gasteiger partial charge < -0.3 is 15.3 Å². The van der Waals surface area contributed by atoms with E-state index in [-0.39, 0.29) is 17.8 Å². The quantitative estimate of drug-likeness (QED) is 0.339. The van der Waals surface area contributed by atoms with Gasteiger partial charge in [-0.2, -0.15) is 0 Å². The van der Waals surface area contributed by atoms with E-state index in [1.54, 1.807) is 0 Å². The van der Waals surface area contributed by atoms with Gasteiger partial charge in [0.15, 0.2) is 0 Å². The third-order valence-electron chi connectivity index (χ3n) is 6.62. The van der Waals surface area contributed by atoms with Gasteiger partial charge in [0.1, 0.15) is 17.2 Å². The highest BCUT2D eigenvalue weighted by Crippen LogP contribution is 2.42. The lowest BCUT2D eigenvalue weighted by molar-refractivity contribution is 0.464. The molecule has 0 spiro atoms. The van der Waals surface area contributed by atoms with Crippen LogP contribution in [0, 0.1) is 20.8 Å². The molecule has 182 valence electrons. The molecule has 0 bridgehead atoms. The standard InChI is InChI=1S/C30H39O3P/c1-16(2)22-13-28(19(7)10-25(22)31)34(29-14-23(17(3)4)26(32)11-20(29)8)30-15-24(18(5)6)27(33)12-21(30)9/h10-18,31-33H,1-9H3. The van der Waals surface area contributed by atoms with Gasteiger partial charge in [-0.05, 0) is 132 Å². The first-order valence-electron chi connectivity index (χ1n) is 12.1. The molecule has 4 heteroatoms. The van der Waals surface area contributed by atoms with Gasteiger partial charge in [-0.3, -0.25) is 0 Å². The van der Waals surface area contributed by atoms with Crippen molar-refractivity contribution >= 4 is 23.8 Å². The molecule has 3 N–H and O–H groups in total. The average Bonchev–Trinajstić information content (AvgIpc) is 2.71. The Hall–Kier alpha value is -2.51. The summed E-state index contributed by atoms with van der Waals surface area (Å²) in [6.45, 7) is 18.8. The first-order valence-corrected chi connectivity index (χ1v) is 13.5. The van der Waals surface area contributed by atoms with Gasteiger partial charge in [0.25, 0.3) is 0 Å². The van der Waals surface area contributed by atoms with Crippen molar-refractivity contribution in [3.05, 3.63) is 69.8 Å².